The molecule has 0 aliphatic rings. The molecular weight excluding hydrogens is 235 g/mol. The van der Waals surface area contributed by atoms with Crippen molar-refractivity contribution < 1.29 is 14.3 Å². The number of aliphatic carboxylic acids is 1. The van der Waals surface area contributed by atoms with E-state index in [4.69, 9.17) is 10.8 Å². The van der Waals surface area contributed by atoms with Gasteiger partial charge in [-0.15, -0.1) is 0 Å². The van der Waals surface area contributed by atoms with Gasteiger partial charge in [0, 0.05) is 23.5 Å². The van der Waals surface area contributed by atoms with E-state index in [2.05, 4.69) is 4.98 Å². The number of aromatic amines is 1. The van der Waals surface area contributed by atoms with E-state index in [0.29, 0.717) is 5.52 Å². The smallest absolute Gasteiger partial charge is 0.320 e. The minimum Gasteiger partial charge on any atom is -0.480 e. The lowest BCUT2D eigenvalue weighted by Crippen LogP contribution is -2.32. The highest BCUT2D eigenvalue weighted by molar-refractivity contribution is 5.84. The number of rotatable bonds is 3. The standard InChI is InChI=1S/C11H11FN2O2.C2H6/c12-7-1-2-8-6(3-9(13)11(15)16)5-14-10(8)4-7;1-2/h1-2,4-5,9,14H,3,13H2,(H,15,16);1-2H3. The Labute approximate surface area is 105 Å². The Bertz CT molecular complexity index is 537. The summed E-state index contributed by atoms with van der Waals surface area (Å²) < 4.78 is 12.9. The second-order valence-corrected chi connectivity index (χ2v) is 3.65. The quantitative estimate of drug-likeness (QED) is 0.784. The van der Waals surface area contributed by atoms with E-state index in [0.717, 1.165) is 10.9 Å². The second kappa shape index (κ2) is 6.16. The van der Waals surface area contributed by atoms with Crippen LogP contribution in [0.2, 0.25) is 0 Å². The predicted molar refractivity (Wildman–Crippen MR) is 68.9 cm³/mol. The maximum atomic E-state index is 12.9. The molecule has 4 nitrogen and oxygen atoms in total. The number of nitrogens with two attached hydrogens (primary N) is 1. The minimum absolute atomic E-state index is 0.223. The molecule has 0 fully saturated rings. The molecule has 2 rings (SSSR count). The molecule has 18 heavy (non-hydrogen) atoms. The third-order valence-corrected chi connectivity index (χ3v) is 2.49. The lowest BCUT2D eigenvalue weighted by molar-refractivity contribution is -0.138. The lowest BCUT2D eigenvalue weighted by Gasteiger charge is -2.04. The van der Waals surface area contributed by atoms with Crippen molar-refractivity contribution in [2.45, 2.75) is 26.3 Å². The summed E-state index contributed by atoms with van der Waals surface area (Å²) in [5, 5.41) is 9.51. The van der Waals surface area contributed by atoms with Crippen LogP contribution in [0.25, 0.3) is 10.9 Å². The van der Waals surface area contributed by atoms with E-state index in [1.54, 1.807) is 12.3 Å². The van der Waals surface area contributed by atoms with E-state index in [1.807, 2.05) is 13.8 Å². The fourth-order valence-electron chi connectivity index (χ4n) is 1.65. The number of hydrogen-bond donors (Lipinski definition) is 3. The molecule has 98 valence electrons. The third-order valence-electron chi connectivity index (χ3n) is 2.49. The summed E-state index contributed by atoms with van der Waals surface area (Å²) in [6.07, 6.45) is 1.88. The van der Waals surface area contributed by atoms with Crippen LogP contribution in [0.15, 0.2) is 24.4 Å². The van der Waals surface area contributed by atoms with Gasteiger partial charge < -0.3 is 15.8 Å². The number of halogens is 1. The molecule has 1 aromatic heterocycles. The molecular formula is C13H17FN2O2. The van der Waals surface area contributed by atoms with E-state index in [1.165, 1.54) is 12.1 Å². The van der Waals surface area contributed by atoms with Gasteiger partial charge >= 0.3 is 5.97 Å². The second-order valence-electron chi connectivity index (χ2n) is 3.65. The number of hydrogen-bond acceptors (Lipinski definition) is 2. The van der Waals surface area contributed by atoms with Gasteiger partial charge in [0.2, 0.25) is 0 Å². The molecule has 1 aromatic carbocycles. The summed E-state index contributed by atoms with van der Waals surface area (Å²) in [5.41, 5.74) is 6.87. The van der Waals surface area contributed by atoms with Crippen molar-refractivity contribution in [2.24, 2.45) is 5.73 Å². The highest BCUT2D eigenvalue weighted by atomic mass is 19.1. The average Bonchev–Trinajstić information content (AvgIpc) is 2.74. The highest BCUT2D eigenvalue weighted by Crippen LogP contribution is 2.20. The lowest BCUT2D eigenvalue weighted by atomic mass is 10.1. The van der Waals surface area contributed by atoms with Gasteiger partial charge in [0.25, 0.3) is 0 Å². The zero-order valence-electron chi connectivity index (χ0n) is 10.4. The monoisotopic (exact) mass is 252 g/mol. The Morgan fingerprint density at radius 1 is 1.50 bits per heavy atom. The van der Waals surface area contributed by atoms with Gasteiger partial charge in [-0.2, -0.15) is 0 Å². The van der Waals surface area contributed by atoms with E-state index in [-0.39, 0.29) is 12.2 Å². The van der Waals surface area contributed by atoms with E-state index in [9.17, 15) is 9.18 Å². The maximum Gasteiger partial charge on any atom is 0.320 e. The summed E-state index contributed by atoms with van der Waals surface area (Å²) in [7, 11) is 0. The molecule has 4 N–H and O–H groups in total. The summed E-state index contributed by atoms with van der Waals surface area (Å²) in [5.74, 6) is -1.38. The zero-order chi connectivity index (χ0) is 13.7. The number of H-pyrrole nitrogens is 1. The molecule has 5 heteroatoms. The minimum atomic E-state index is -1.04. The van der Waals surface area contributed by atoms with Crippen LogP contribution in [0.5, 0.6) is 0 Å². The predicted octanol–water partition coefficient (Wildman–Crippen LogP) is 2.29. The van der Waals surface area contributed by atoms with Gasteiger partial charge in [-0.3, -0.25) is 4.79 Å². The zero-order valence-corrected chi connectivity index (χ0v) is 10.4. The number of benzene rings is 1. The normalized spacial score (nSPS) is 11.8. The molecule has 0 radical (unpaired) electrons. The third kappa shape index (κ3) is 3.07. The number of aromatic nitrogens is 1. The molecule has 1 heterocycles. The largest absolute Gasteiger partial charge is 0.480 e. The van der Waals surface area contributed by atoms with Crippen molar-refractivity contribution in [1.82, 2.24) is 4.98 Å². The fourth-order valence-corrected chi connectivity index (χ4v) is 1.65. The van der Waals surface area contributed by atoms with Gasteiger partial charge in [-0.05, 0) is 23.8 Å². The van der Waals surface area contributed by atoms with Crippen molar-refractivity contribution in [3.05, 3.63) is 35.8 Å². The number of carboxylic acid groups (broad SMARTS) is 1. The molecule has 0 aliphatic carbocycles. The Balaban J connectivity index is 0.000000771. The van der Waals surface area contributed by atoms with Crippen molar-refractivity contribution in [3.8, 4) is 0 Å². The number of nitrogens with one attached hydrogen (secondary N) is 1. The van der Waals surface area contributed by atoms with Gasteiger partial charge in [0.15, 0.2) is 0 Å². The van der Waals surface area contributed by atoms with E-state index >= 15 is 0 Å². The first-order chi connectivity index (χ1) is 8.58. The van der Waals surface area contributed by atoms with Crippen LogP contribution >= 0.6 is 0 Å². The average molecular weight is 252 g/mol. The first-order valence-electron chi connectivity index (χ1n) is 5.82. The SMILES string of the molecule is CC.NC(Cc1c[nH]c2cc(F)ccc12)C(=O)O. The van der Waals surface area contributed by atoms with Crippen LogP contribution in [-0.2, 0) is 11.2 Å². The Morgan fingerprint density at radius 3 is 2.78 bits per heavy atom. The van der Waals surface area contributed by atoms with Crippen molar-refractivity contribution >= 4 is 16.9 Å². The molecule has 0 bridgehead atoms. The summed E-state index contributed by atoms with van der Waals surface area (Å²) in [6, 6.07) is 3.38. The fraction of sp³-hybridized carbons (Fsp3) is 0.308. The van der Waals surface area contributed by atoms with Gasteiger partial charge in [-0.25, -0.2) is 4.39 Å². The molecule has 0 saturated carbocycles. The van der Waals surface area contributed by atoms with Crippen LogP contribution in [0.3, 0.4) is 0 Å². The molecule has 0 spiro atoms. The molecule has 0 saturated heterocycles. The first kappa shape index (κ1) is 14.2. The topological polar surface area (TPSA) is 79.1 Å². The summed E-state index contributed by atoms with van der Waals surface area (Å²) in [4.78, 5) is 13.5. The molecule has 1 unspecified atom stereocenters. The van der Waals surface area contributed by atoms with Crippen molar-refractivity contribution in [2.75, 3.05) is 0 Å². The van der Waals surface area contributed by atoms with Crippen LogP contribution in [0, 0.1) is 5.82 Å². The van der Waals surface area contributed by atoms with Crippen LogP contribution in [-0.4, -0.2) is 22.1 Å². The van der Waals surface area contributed by atoms with Gasteiger partial charge in [0.1, 0.15) is 11.9 Å². The number of fused-ring (bicyclic) bond motifs is 1. The van der Waals surface area contributed by atoms with Crippen LogP contribution < -0.4 is 5.73 Å². The van der Waals surface area contributed by atoms with Crippen molar-refractivity contribution in [1.29, 1.82) is 0 Å². The van der Waals surface area contributed by atoms with Crippen LogP contribution in [0.1, 0.15) is 19.4 Å². The van der Waals surface area contributed by atoms with Gasteiger partial charge in [0.05, 0.1) is 0 Å². The summed E-state index contributed by atoms with van der Waals surface area (Å²) in [6.45, 7) is 4.00. The summed E-state index contributed by atoms with van der Waals surface area (Å²) >= 11 is 0. The molecule has 2 aromatic rings. The van der Waals surface area contributed by atoms with Gasteiger partial charge in [-0.1, -0.05) is 13.8 Å². The molecule has 0 amide bonds. The number of carbonyl (C=O) groups is 1. The molecule has 0 aliphatic heterocycles. The van der Waals surface area contributed by atoms with Crippen LogP contribution in [0.4, 0.5) is 4.39 Å². The molecule has 1 atom stereocenters. The maximum absolute atomic E-state index is 12.9. The van der Waals surface area contributed by atoms with E-state index < -0.39 is 12.0 Å². The first-order valence-corrected chi connectivity index (χ1v) is 5.82. The highest BCUT2D eigenvalue weighted by Gasteiger charge is 2.14. The van der Waals surface area contributed by atoms with Crippen molar-refractivity contribution in [3.63, 3.8) is 0 Å². The number of carboxylic acids is 1. The Hall–Kier alpha value is -1.88. The Kier molecular flexibility index (Phi) is 4.85. The Morgan fingerprint density at radius 2 is 2.17 bits per heavy atom.